The molecule has 0 aliphatic rings. The van der Waals surface area contributed by atoms with Gasteiger partial charge in [0.25, 0.3) is 0 Å². The minimum absolute atomic E-state index is 0.399. The Morgan fingerprint density at radius 3 is 2.33 bits per heavy atom. The molecule has 112 valence electrons. The van der Waals surface area contributed by atoms with E-state index in [0.717, 1.165) is 13.1 Å². The molecule has 0 aromatic heterocycles. The van der Waals surface area contributed by atoms with Crippen molar-refractivity contribution >= 4 is 0 Å². The molecule has 0 aliphatic carbocycles. The summed E-state index contributed by atoms with van der Waals surface area (Å²) in [7, 11) is 4.27. The summed E-state index contributed by atoms with van der Waals surface area (Å²) in [6.07, 6.45) is 0. The molecule has 21 heavy (non-hydrogen) atoms. The van der Waals surface area contributed by atoms with Crippen LogP contribution >= 0.6 is 0 Å². The zero-order chi connectivity index (χ0) is 15.2. The van der Waals surface area contributed by atoms with Crippen molar-refractivity contribution in [2.24, 2.45) is 0 Å². The molecular formula is C19H26N2. The van der Waals surface area contributed by atoms with Gasteiger partial charge in [-0.05, 0) is 50.2 Å². The SMILES string of the molecule is Cc1cccc(CNCC(c2ccccc2)N(C)C)c1C. The summed E-state index contributed by atoms with van der Waals surface area (Å²) in [6.45, 7) is 6.24. The summed E-state index contributed by atoms with van der Waals surface area (Å²) in [5, 5.41) is 3.61. The standard InChI is InChI=1S/C19H26N2/c1-15-9-8-12-18(16(15)2)13-20-14-19(21(3)4)17-10-6-5-7-11-17/h5-12,19-20H,13-14H2,1-4H3. The monoisotopic (exact) mass is 282 g/mol. The first-order valence-corrected chi connectivity index (χ1v) is 7.56. The summed E-state index contributed by atoms with van der Waals surface area (Å²) >= 11 is 0. The maximum absolute atomic E-state index is 3.61. The number of hydrogen-bond acceptors (Lipinski definition) is 2. The molecule has 0 fully saturated rings. The third kappa shape index (κ3) is 4.16. The Balaban J connectivity index is 1.99. The van der Waals surface area contributed by atoms with E-state index in [1.54, 1.807) is 0 Å². The van der Waals surface area contributed by atoms with Gasteiger partial charge < -0.3 is 10.2 Å². The van der Waals surface area contributed by atoms with E-state index in [4.69, 9.17) is 0 Å². The fraction of sp³-hybridized carbons (Fsp3) is 0.368. The van der Waals surface area contributed by atoms with Crippen LogP contribution in [0.5, 0.6) is 0 Å². The molecule has 1 atom stereocenters. The average molecular weight is 282 g/mol. The smallest absolute Gasteiger partial charge is 0.0466 e. The van der Waals surface area contributed by atoms with Gasteiger partial charge in [-0.2, -0.15) is 0 Å². The van der Waals surface area contributed by atoms with Gasteiger partial charge in [-0.1, -0.05) is 48.5 Å². The maximum Gasteiger partial charge on any atom is 0.0466 e. The quantitative estimate of drug-likeness (QED) is 0.869. The largest absolute Gasteiger partial charge is 0.311 e. The highest BCUT2D eigenvalue weighted by molar-refractivity contribution is 5.33. The lowest BCUT2D eigenvalue weighted by Crippen LogP contribution is -2.31. The fourth-order valence-corrected chi connectivity index (χ4v) is 2.62. The van der Waals surface area contributed by atoms with Crippen LogP contribution in [0, 0.1) is 13.8 Å². The molecule has 0 radical (unpaired) electrons. The molecule has 2 aromatic carbocycles. The summed E-state index contributed by atoms with van der Waals surface area (Å²) in [6, 6.07) is 17.6. The second-order valence-corrected chi connectivity index (χ2v) is 5.88. The van der Waals surface area contributed by atoms with Crippen molar-refractivity contribution in [1.82, 2.24) is 10.2 Å². The van der Waals surface area contributed by atoms with Crippen LogP contribution in [0.15, 0.2) is 48.5 Å². The van der Waals surface area contributed by atoms with E-state index in [1.807, 2.05) is 0 Å². The van der Waals surface area contributed by atoms with E-state index < -0.39 is 0 Å². The van der Waals surface area contributed by atoms with E-state index in [-0.39, 0.29) is 0 Å². The molecule has 1 unspecified atom stereocenters. The van der Waals surface area contributed by atoms with Crippen molar-refractivity contribution in [2.45, 2.75) is 26.4 Å². The fourth-order valence-electron chi connectivity index (χ4n) is 2.62. The Morgan fingerprint density at radius 2 is 1.67 bits per heavy atom. The molecule has 0 bridgehead atoms. The van der Waals surface area contributed by atoms with Crippen LogP contribution in [-0.4, -0.2) is 25.5 Å². The van der Waals surface area contributed by atoms with Gasteiger partial charge in [-0.25, -0.2) is 0 Å². The highest BCUT2D eigenvalue weighted by Gasteiger charge is 2.13. The first-order valence-electron chi connectivity index (χ1n) is 7.56. The predicted octanol–water partition coefficient (Wildman–Crippen LogP) is 3.70. The lowest BCUT2D eigenvalue weighted by Gasteiger charge is -2.25. The van der Waals surface area contributed by atoms with E-state index in [0.29, 0.717) is 6.04 Å². The second-order valence-electron chi connectivity index (χ2n) is 5.88. The molecular weight excluding hydrogens is 256 g/mol. The number of benzene rings is 2. The Labute approximate surface area is 128 Å². The minimum Gasteiger partial charge on any atom is -0.311 e. The average Bonchev–Trinajstić information content (AvgIpc) is 2.48. The normalized spacial score (nSPS) is 12.6. The number of hydrogen-bond donors (Lipinski definition) is 1. The minimum atomic E-state index is 0.399. The molecule has 2 nitrogen and oxygen atoms in total. The number of aryl methyl sites for hydroxylation is 1. The van der Waals surface area contributed by atoms with Crippen molar-refractivity contribution in [2.75, 3.05) is 20.6 Å². The van der Waals surface area contributed by atoms with Gasteiger partial charge in [-0.3, -0.25) is 0 Å². The van der Waals surface area contributed by atoms with E-state index in [9.17, 15) is 0 Å². The Kier molecular flexibility index (Phi) is 5.54. The van der Waals surface area contributed by atoms with Crippen LogP contribution < -0.4 is 5.32 Å². The predicted molar refractivity (Wildman–Crippen MR) is 90.5 cm³/mol. The van der Waals surface area contributed by atoms with Gasteiger partial charge in [0.15, 0.2) is 0 Å². The van der Waals surface area contributed by atoms with Gasteiger partial charge in [0, 0.05) is 19.1 Å². The first kappa shape index (κ1) is 15.7. The molecule has 0 aliphatic heterocycles. The summed E-state index contributed by atoms with van der Waals surface area (Å²) < 4.78 is 0. The Morgan fingerprint density at radius 1 is 0.952 bits per heavy atom. The molecule has 1 N–H and O–H groups in total. The van der Waals surface area contributed by atoms with Crippen LogP contribution in [0.1, 0.15) is 28.3 Å². The second kappa shape index (κ2) is 7.39. The van der Waals surface area contributed by atoms with Gasteiger partial charge in [0.05, 0.1) is 0 Å². The number of rotatable bonds is 6. The summed E-state index contributed by atoms with van der Waals surface area (Å²) in [5.74, 6) is 0. The molecule has 2 heteroatoms. The maximum atomic E-state index is 3.61. The summed E-state index contributed by atoms with van der Waals surface area (Å²) in [5.41, 5.74) is 5.50. The van der Waals surface area contributed by atoms with Crippen LogP contribution in [0.25, 0.3) is 0 Å². The van der Waals surface area contributed by atoms with E-state index in [1.165, 1.54) is 22.3 Å². The van der Waals surface area contributed by atoms with Crippen molar-refractivity contribution in [3.8, 4) is 0 Å². The number of nitrogens with zero attached hydrogens (tertiary/aromatic N) is 1. The van der Waals surface area contributed by atoms with Crippen molar-refractivity contribution < 1.29 is 0 Å². The number of likely N-dealkylation sites (N-methyl/N-ethyl adjacent to an activating group) is 1. The van der Waals surface area contributed by atoms with E-state index in [2.05, 4.69) is 86.7 Å². The Hall–Kier alpha value is -1.64. The molecule has 0 amide bonds. The molecule has 0 spiro atoms. The van der Waals surface area contributed by atoms with Gasteiger partial charge in [0.2, 0.25) is 0 Å². The topological polar surface area (TPSA) is 15.3 Å². The highest BCUT2D eigenvalue weighted by atomic mass is 15.1. The van der Waals surface area contributed by atoms with Crippen LogP contribution in [0.3, 0.4) is 0 Å². The number of nitrogens with one attached hydrogen (secondary N) is 1. The van der Waals surface area contributed by atoms with Crippen molar-refractivity contribution in [1.29, 1.82) is 0 Å². The third-order valence-electron chi connectivity index (χ3n) is 4.18. The lowest BCUT2D eigenvalue weighted by molar-refractivity contribution is 0.288. The lowest BCUT2D eigenvalue weighted by atomic mass is 10.0. The molecule has 0 saturated carbocycles. The molecule has 2 aromatic rings. The van der Waals surface area contributed by atoms with E-state index >= 15 is 0 Å². The van der Waals surface area contributed by atoms with Crippen LogP contribution in [-0.2, 0) is 6.54 Å². The van der Waals surface area contributed by atoms with Crippen LogP contribution in [0.2, 0.25) is 0 Å². The molecule has 0 saturated heterocycles. The zero-order valence-electron chi connectivity index (χ0n) is 13.6. The Bertz CT molecular complexity index is 561. The summed E-state index contributed by atoms with van der Waals surface area (Å²) in [4.78, 5) is 2.27. The van der Waals surface area contributed by atoms with Crippen molar-refractivity contribution in [3.05, 3.63) is 70.8 Å². The first-order chi connectivity index (χ1) is 10.1. The zero-order valence-corrected chi connectivity index (χ0v) is 13.6. The highest BCUT2D eigenvalue weighted by Crippen LogP contribution is 2.17. The van der Waals surface area contributed by atoms with Gasteiger partial charge in [-0.15, -0.1) is 0 Å². The third-order valence-corrected chi connectivity index (χ3v) is 4.18. The molecule has 2 rings (SSSR count). The van der Waals surface area contributed by atoms with Crippen molar-refractivity contribution in [3.63, 3.8) is 0 Å². The molecule has 0 heterocycles. The van der Waals surface area contributed by atoms with Gasteiger partial charge in [0.1, 0.15) is 0 Å². The van der Waals surface area contributed by atoms with Crippen LogP contribution in [0.4, 0.5) is 0 Å². The van der Waals surface area contributed by atoms with Gasteiger partial charge >= 0.3 is 0 Å².